The van der Waals surface area contributed by atoms with Crippen LogP contribution < -0.4 is 10.0 Å². The fourth-order valence-electron chi connectivity index (χ4n) is 3.30. The zero-order valence-electron chi connectivity index (χ0n) is 18.7. The van der Waals surface area contributed by atoms with Crippen LogP contribution in [0.5, 0.6) is 0 Å². The summed E-state index contributed by atoms with van der Waals surface area (Å²) in [5.74, 6) is -0.110. The number of nitrogens with two attached hydrogens (primary N) is 1. The van der Waals surface area contributed by atoms with Crippen molar-refractivity contribution in [3.8, 4) is 6.07 Å². The van der Waals surface area contributed by atoms with E-state index in [4.69, 9.17) is 11.0 Å². The average Bonchev–Trinajstić information content (AvgIpc) is 2.75. The molecular formula is C22H29BrN4O4S2. The van der Waals surface area contributed by atoms with Gasteiger partial charge in [-0.15, -0.1) is 0 Å². The van der Waals surface area contributed by atoms with E-state index in [2.05, 4.69) is 15.9 Å². The monoisotopic (exact) mass is 556 g/mol. The zero-order chi connectivity index (χ0) is 24.6. The SMILES string of the molecule is CCN(CCC#N)S(=O)(=O)CCCCN(c1cccc(C)c1)S(=O)(=O)c1ccc(N)c(Br)c1. The number of unbranched alkanes of at least 4 members (excludes halogenated alkanes) is 1. The minimum Gasteiger partial charge on any atom is -0.398 e. The molecule has 2 aromatic carbocycles. The van der Waals surface area contributed by atoms with Crippen LogP contribution in [0, 0.1) is 18.3 Å². The Morgan fingerprint density at radius 3 is 2.39 bits per heavy atom. The van der Waals surface area contributed by atoms with E-state index >= 15 is 0 Å². The molecule has 0 aliphatic rings. The van der Waals surface area contributed by atoms with E-state index in [1.165, 1.54) is 26.8 Å². The van der Waals surface area contributed by atoms with Gasteiger partial charge in [0.15, 0.2) is 0 Å². The normalized spacial score (nSPS) is 12.0. The van der Waals surface area contributed by atoms with E-state index in [0.717, 1.165) is 5.56 Å². The van der Waals surface area contributed by atoms with Gasteiger partial charge in [-0.1, -0.05) is 19.1 Å². The molecule has 0 heterocycles. The van der Waals surface area contributed by atoms with Crippen molar-refractivity contribution in [1.29, 1.82) is 5.26 Å². The molecule has 0 saturated carbocycles. The lowest BCUT2D eigenvalue weighted by atomic mass is 10.2. The van der Waals surface area contributed by atoms with Gasteiger partial charge in [0.25, 0.3) is 10.0 Å². The number of halogens is 1. The summed E-state index contributed by atoms with van der Waals surface area (Å²) in [5.41, 5.74) is 7.66. The molecule has 0 aliphatic carbocycles. The molecule has 2 rings (SSSR count). The Labute approximate surface area is 205 Å². The maximum absolute atomic E-state index is 13.5. The smallest absolute Gasteiger partial charge is 0.264 e. The number of hydrogen-bond acceptors (Lipinski definition) is 6. The van der Waals surface area contributed by atoms with Crippen LogP contribution in [0.2, 0.25) is 0 Å². The first kappa shape index (κ1) is 27.1. The van der Waals surface area contributed by atoms with Gasteiger partial charge in [0.2, 0.25) is 10.0 Å². The highest BCUT2D eigenvalue weighted by Gasteiger charge is 2.26. The molecular weight excluding hydrogens is 528 g/mol. The van der Waals surface area contributed by atoms with Gasteiger partial charge in [0, 0.05) is 36.2 Å². The van der Waals surface area contributed by atoms with Crippen LogP contribution in [0.25, 0.3) is 0 Å². The number of rotatable bonds is 12. The number of hydrogen-bond donors (Lipinski definition) is 1. The second-order valence-electron chi connectivity index (χ2n) is 7.52. The lowest BCUT2D eigenvalue weighted by Gasteiger charge is -2.25. The third-order valence-electron chi connectivity index (χ3n) is 5.08. The summed E-state index contributed by atoms with van der Waals surface area (Å²) in [5, 5.41) is 8.74. The van der Waals surface area contributed by atoms with Crippen molar-refractivity contribution in [3.05, 3.63) is 52.5 Å². The Kier molecular flexibility index (Phi) is 9.72. The molecule has 8 nitrogen and oxygen atoms in total. The molecule has 0 aliphatic heterocycles. The molecule has 0 saturated heterocycles. The molecule has 0 bridgehead atoms. The Hall–Kier alpha value is -2.13. The van der Waals surface area contributed by atoms with Gasteiger partial charge in [-0.2, -0.15) is 5.26 Å². The van der Waals surface area contributed by atoms with Crippen molar-refractivity contribution >= 4 is 47.4 Å². The molecule has 0 spiro atoms. The topological polar surface area (TPSA) is 125 Å². The molecule has 2 N–H and O–H groups in total. The molecule has 0 amide bonds. The van der Waals surface area contributed by atoms with Gasteiger partial charge >= 0.3 is 0 Å². The number of benzene rings is 2. The first-order valence-electron chi connectivity index (χ1n) is 10.5. The maximum Gasteiger partial charge on any atom is 0.264 e. The predicted octanol–water partition coefficient (Wildman–Crippen LogP) is 3.88. The molecule has 0 atom stereocenters. The Balaban J connectivity index is 2.23. The van der Waals surface area contributed by atoms with Crippen LogP contribution in [0.1, 0.15) is 31.7 Å². The molecule has 0 unspecified atom stereocenters. The van der Waals surface area contributed by atoms with Gasteiger partial charge < -0.3 is 5.73 Å². The van der Waals surface area contributed by atoms with Crippen LogP contribution in [-0.4, -0.2) is 46.5 Å². The van der Waals surface area contributed by atoms with Crippen LogP contribution in [0.3, 0.4) is 0 Å². The molecule has 0 fully saturated rings. The fourth-order valence-corrected chi connectivity index (χ4v) is 6.95. The summed E-state index contributed by atoms with van der Waals surface area (Å²) in [7, 11) is -7.43. The quantitative estimate of drug-likeness (QED) is 0.312. The highest BCUT2D eigenvalue weighted by atomic mass is 79.9. The predicted molar refractivity (Wildman–Crippen MR) is 135 cm³/mol. The first-order valence-corrected chi connectivity index (χ1v) is 14.4. The van der Waals surface area contributed by atoms with E-state index in [1.54, 1.807) is 25.1 Å². The fraction of sp³-hybridized carbons (Fsp3) is 0.409. The minimum atomic E-state index is -3.91. The summed E-state index contributed by atoms with van der Waals surface area (Å²) in [6.07, 6.45) is 0.761. The van der Waals surface area contributed by atoms with Gasteiger partial charge in [0.05, 0.1) is 22.4 Å². The highest BCUT2D eigenvalue weighted by molar-refractivity contribution is 9.10. The Bertz CT molecular complexity index is 1210. The average molecular weight is 558 g/mol. The number of nitrogens with zero attached hydrogens (tertiary/aromatic N) is 3. The summed E-state index contributed by atoms with van der Waals surface area (Å²) in [4.78, 5) is 0.0892. The van der Waals surface area contributed by atoms with E-state index in [-0.39, 0.29) is 36.6 Å². The number of sulfonamides is 2. The molecule has 11 heteroatoms. The van der Waals surface area contributed by atoms with Gasteiger partial charge in [-0.3, -0.25) is 4.31 Å². The second-order valence-corrected chi connectivity index (χ2v) is 12.3. The van der Waals surface area contributed by atoms with Crippen molar-refractivity contribution < 1.29 is 16.8 Å². The zero-order valence-corrected chi connectivity index (χ0v) is 22.0. The minimum absolute atomic E-state index is 0.0892. The van der Waals surface area contributed by atoms with Crippen molar-refractivity contribution in [1.82, 2.24) is 4.31 Å². The number of nitriles is 1. The standard InChI is InChI=1S/C22H29BrN4O4S2/c1-3-26(13-7-12-24)32(28,29)15-5-4-14-27(19-9-6-8-18(2)16-19)33(30,31)20-10-11-22(25)21(23)17-20/h6,8-11,16-17H,3-5,7,13-15,25H2,1-2H3. The van der Waals surface area contributed by atoms with Gasteiger partial charge in [-0.05, 0) is 71.6 Å². The van der Waals surface area contributed by atoms with E-state index in [9.17, 15) is 16.8 Å². The van der Waals surface area contributed by atoms with E-state index < -0.39 is 20.0 Å². The van der Waals surface area contributed by atoms with E-state index in [1.807, 2.05) is 19.1 Å². The Morgan fingerprint density at radius 1 is 1.06 bits per heavy atom. The van der Waals surface area contributed by atoms with E-state index in [0.29, 0.717) is 28.8 Å². The molecule has 0 radical (unpaired) electrons. The van der Waals surface area contributed by atoms with Gasteiger partial charge in [-0.25, -0.2) is 21.1 Å². The molecule has 2 aromatic rings. The van der Waals surface area contributed by atoms with Crippen molar-refractivity contribution in [2.45, 2.75) is 38.0 Å². The molecule has 180 valence electrons. The summed E-state index contributed by atoms with van der Waals surface area (Å²) in [6.45, 7) is 4.17. The highest BCUT2D eigenvalue weighted by Crippen LogP contribution is 2.29. The third-order valence-corrected chi connectivity index (χ3v) is 9.62. The van der Waals surface area contributed by atoms with Crippen LogP contribution in [-0.2, 0) is 20.0 Å². The Morgan fingerprint density at radius 2 is 1.79 bits per heavy atom. The summed E-state index contributed by atoms with van der Waals surface area (Å²) in [6, 6.07) is 13.6. The van der Waals surface area contributed by atoms with Gasteiger partial charge in [0.1, 0.15) is 0 Å². The lowest BCUT2D eigenvalue weighted by molar-refractivity contribution is 0.433. The molecule has 0 aromatic heterocycles. The summed E-state index contributed by atoms with van der Waals surface area (Å²) < 4.78 is 55.2. The maximum atomic E-state index is 13.5. The number of aryl methyl sites for hydroxylation is 1. The number of nitrogen functional groups attached to an aromatic ring is 1. The van der Waals surface area contributed by atoms with Crippen LogP contribution in [0.4, 0.5) is 11.4 Å². The van der Waals surface area contributed by atoms with Crippen molar-refractivity contribution in [2.75, 3.05) is 35.4 Å². The second kappa shape index (κ2) is 11.8. The largest absolute Gasteiger partial charge is 0.398 e. The summed E-state index contributed by atoms with van der Waals surface area (Å²) >= 11 is 3.28. The molecule has 33 heavy (non-hydrogen) atoms. The third kappa shape index (κ3) is 7.17. The first-order chi connectivity index (χ1) is 15.5. The van der Waals surface area contributed by atoms with Crippen molar-refractivity contribution in [2.24, 2.45) is 0 Å². The lowest BCUT2D eigenvalue weighted by Crippen LogP contribution is -2.35. The van der Waals surface area contributed by atoms with Crippen LogP contribution in [0.15, 0.2) is 51.8 Å². The number of anilines is 2. The van der Waals surface area contributed by atoms with Crippen LogP contribution >= 0.6 is 15.9 Å². The van der Waals surface area contributed by atoms with Crippen molar-refractivity contribution in [3.63, 3.8) is 0 Å².